The van der Waals surface area contributed by atoms with E-state index >= 15 is 0 Å². The quantitative estimate of drug-likeness (QED) is 0.475. The van der Waals surface area contributed by atoms with Gasteiger partial charge in [-0.05, 0) is 36.5 Å². The fourth-order valence-corrected chi connectivity index (χ4v) is 3.77. The molecule has 3 aromatic rings. The van der Waals surface area contributed by atoms with Gasteiger partial charge in [-0.3, -0.25) is 14.5 Å². The molecule has 28 heavy (non-hydrogen) atoms. The van der Waals surface area contributed by atoms with Crippen LogP contribution in [0.4, 0.5) is 5.69 Å². The van der Waals surface area contributed by atoms with Crippen LogP contribution in [0.5, 0.6) is 0 Å². The maximum Gasteiger partial charge on any atom is 0.199 e. The summed E-state index contributed by atoms with van der Waals surface area (Å²) in [5.41, 5.74) is 2.25. The molecular formula is C21H24N6S. The summed E-state index contributed by atoms with van der Waals surface area (Å²) in [7, 11) is 0. The number of anilines is 1. The van der Waals surface area contributed by atoms with Crippen molar-refractivity contribution in [3.8, 4) is 11.4 Å². The number of aromatic nitrogens is 4. The molecule has 1 aliphatic heterocycles. The Balaban J connectivity index is 1.50. The van der Waals surface area contributed by atoms with Crippen molar-refractivity contribution in [2.45, 2.75) is 13.2 Å². The molecule has 2 aromatic heterocycles. The summed E-state index contributed by atoms with van der Waals surface area (Å²) >= 11 is 5.70. The fourth-order valence-electron chi connectivity index (χ4n) is 3.51. The Hall–Kier alpha value is -2.77. The van der Waals surface area contributed by atoms with Crippen molar-refractivity contribution in [2.24, 2.45) is 0 Å². The molecule has 7 heteroatoms. The third-order valence-corrected chi connectivity index (χ3v) is 5.41. The molecular weight excluding hydrogens is 368 g/mol. The summed E-state index contributed by atoms with van der Waals surface area (Å²) in [6.07, 6.45) is 5.43. The summed E-state index contributed by atoms with van der Waals surface area (Å²) in [6.45, 7) is 9.14. The maximum absolute atomic E-state index is 5.70. The number of pyridine rings is 1. The first kappa shape index (κ1) is 18.6. The SMILES string of the molecule is C=CCn1c(-c2cccnc2)nn(CN2CCN(c3ccccc3)CC2)c1=S. The minimum absolute atomic E-state index is 0.630. The van der Waals surface area contributed by atoms with Crippen molar-refractivity contribution in [1.29, 1.82) is 0 Å². The summed E-state index contributed by atoms with van der Waals surface area (Å²) in [4.78, 5) is 9.04. The normalized spacial score (nSPS) is 14.9. The lowest BCUT2D eigenvalue weighted by Crippen LogP contribution is -2.47. The van der Waals surface area contributed by atoms with Crippen molar-refractivity contribution in [3.05, 3.63) is 72.3 Å². The van der Waals surface area contributed by atoms with Gasteiger partial charge in [0, 0.05) is 56.4 Å². The smallest absolute Gasteiger partial charge is 0.199 e. The zero-order valence-corrected chi connectivity index (χ0v) is 16.6. The lowest BCUT2D eigenvalue weighted by atomic mass is 10.2. The number of hydrogen-bond acceptors (Lipinski definition) is 5. The minimum Gasteiger partial charge on any atom is -0.369 e. The molecule has 0 unspecified atom stereocenters. The molecule has 0 spiro atoms. The molecule has 1 fully saturated rings. The van der Waals surface area contributed by atoms with E-state index in [1.807, 2.05) is 33.7 Å². The lowest BCUT2D eigenvalue weighted by Gasteiger charge is -2.35. The van der Waals surface area contributed by atoms with Crippen molar-refractivity contribution in [2.75, 3.05) is 31.1 Å². The Morgan fingerprint density at radius 1 is 1.04 bits per heavy atom. The number of piperazine rings is 1. The first-order valence-electron chi connectivity index (χ1n) is 9.47. The number of rotatable bonds is 6. The average molecular weight is 393 g/mol. The minimum atomic E-state index is 0.630. The van der Waals surface area contributed by atoms with E-state index in [4.69, 9.17) is 17.3 Å². The second-order valence-corrected chi connectivity index (χ2v) is 7.19. The van der Waals surface area contributed by atoms with Crippen molar-refractivity contribution < 1.29 is 0 Å². The van der Waals surface area contributed by atoms with E-state index < -0.39 is 0 Å². The third-order valence-electron chi connectivity index (χ3n) is 4.98. The molecule has 0 N–H and O–H groups in total. The fraction of sp³-hybridized carbons (Fsp3) is 0.286. The van der Waals surface area contributed by atoms with E-state index in [1.165, 1.54) is 5.69 Å². The highest BCUT2D eigenvalue weighted by Gasteiger charge is 2.19. The number of para-hydroxylation sites is 1. The van der Waals surface area contributed by atoms with Gasteiger partial charge in [0.2, 0.25) is 0 Å². The van der Waals surface area contributed by atoms with Gasteiger partial charge in [-0.1, -0.05) is 24.3 Å². The number of nitrogens with zero attached hydrogens (tertiary/aromatic N) is 6. The van der Waals surface area contributed by atoms with E-state index in [9.17, 15) is 0 Å². The summed E-state index contributed by atoms with van der Waals surface area (Å²) < 4.78 is 4.64. The number of hydrogen-bond donors (Lipinski definition) is 0. The van der Waals surface area contributed by atoms with E-state index in [0.29, 0.717) is 18.0 Å². The third kappa shape index (κ3) is 3.90. The highest BCUT2D eigenvalue weighted by molar-refractivity contribution is 7.71. The van der Waals surface area contributed by atoms with Crippen LogP contribution in [0.1, 0.15) is 0 Å². The Bertz CT molecular complexity index is 971. The zero-order chi connectivity index (χ0) is 19.3. The second-order valence-electron chi connectivity index (χ2n) is 6.83. The van der Waals surface area contributed by atoms with Gasteiger partial charge >= 0.3 is 0 Å². The van der Waals surface area contributed by atoms with Crippen LogP contribution in [-0.2, 0) is 13.2 Å². The summed E-state index contributed by atoms with van der Waals surface area (Å²) in [5, 5.41) is 4.80. The first-order chi connectivity index (χ1) is 13.8. The highest BCUT2D eigenvalue weighted by atomic mass is 32.1. The lowest BCUT2D eigenvalue weighted by molar-refractivity contribution is 0.194. The molecule has 1 saturated heterocycles. The van der Waals surface area contributed by atoms with Crippen molar-refractivity contribution >= 4 is 17.9 Å². The van der Waals surface area contributed by atoms with Gasteiger partial charge in [0.25, 0.3) is 0 Å². The van der Waals surface area contributed by atoms with Crippen molar-refractivity contribution in [1.82, 2.24) is 24.2 Å². The van der Waals surface area contributed by atoms with Crippen LogP contribution in [0.2, 0.25) is 0 Å². The summed E-state index contributed by atoms with van der Waals surface area (Å²) in [6, 6.07) is 14.5. The Morgan fingerprint density at radius 2 is 1.82 bits per heavy atom. The molecule has 0 bridgehead atoms. The van der Waals surface area contributed by atoms with E-state index in [2.05, 4.69) is 51.7 Å². The first-order valence-corrected chi connectivity index (χ1v) is 9.88. The molecule has 0 amide bonds. The summed E-state index contributed by atoms with van der Waals surface area (Å²) in [5.74, 6) is 0.834. The molecule has 0 aliphatic carbocycles. The van der Waals surface area contributed by atoms with E-state index in [0.717, 1.165) is 37.6 Å². The van der Waals surface area contributed by atoms with Crippen molar-refractivity contribution in [3.63, 3.8) is 0 Å². The highest BCUT2D eigenvalue weighted by Crippen LogP contribution is 2.19. The van der Waals surface area contributed by atoms with Crippen LogP contribution in [0.3, 0.4) is 0 Å². The average Bonchev–Trinajstić information content (AvgIpc) is 3.06. The van der Waals surface area contributed by atoms with Crippen LogP contribution >= 0.6 is 12.2 Å². The molecule has 1 aromatic carbocycles. The molecule has 6 nitrogen and oxygen atoms in total. The Labute approximate surface area is 170 Å². The second kappa shape index (κ2) is 8.50. The Morgan fingerprint density at radius 3 is 2.50 bits per heavy atom. The monoisotopic (exact) mass is 392 g/mol. The molecule has 3 heterocycles. The maximum atomic E-state index is 5.70. The van der Waals surface area contributed by atoms with Gasteiger partial charge in [-0.15, -0.1) is 6.58 Å². The van der Waals surface area contributed by atoms with Gasteiger partial charge in [0.05, 0.1) is 6.67 Å². The molecule has 4 rings (SSSR count). The molecule has 0 radical (unpaired) electrons. The van der Waals surface area contributed by atoms with E-state index in [-0.39, 0.29) is 0 Å². The van der Waals surface area contributed by atoms with Crippen LogP contribution in [-0.4, -0.2) is 50.4 Å². The predicted octanol–water partition coefficient (Wildman–Crippen LogP) is 3.44. The largest absolute Gasteiger partial charge is 0.369 e. The van der Waals surface area contributed by atoms with Crippen LogP contribution < -0.4 is 4.90 Å². The van der Waals surface area contributed by atoms with Gasteiger partial charge in [-0.2, -0.15) is 5.10 Å². The van der Waals surface area contributed by atoms with Crippen LogP contribution in [0.15, 0.2) is 67.5 Å². The topological polar surface area (TPSA) is 42.1 Å². The van der Waals surface area contributed by atoms with E-state index in [1.54, 1.807) is 6.20 Å². The van der Waals surface area contributed by atoms with Gasteiger partial charge in [-0.25, -0.2) is 4.68 Å². The molecule has 1 aliphatic rings. The standard InChI is InChI=1S/C21H24N6S/c1-2-11-26-20(18-7-6-10-22-16-18)23-27(21(26)28)17-24-12-14-25(15-13-24)19-8-4-3-5-9-19/h2-10,16H,1,11-15,17H2. The van der Waals surface area contributed by atoms with Crippen LogP contribution in [0, 0.1) is 4.77 Å². The number of benzene rings is 1. The zero-order valence-electron chi connectivity index (χ0n) is 15.8. The molecule has 144 valence electrons. The molecule has 0 atom stereocenters. The number of allylic oxidation sites excluding steroid dienone is 1. The molecule has 0 saturated carbocycles. The van der Waals surface area contributed by atoms with Crippen LogP contribution in [0.25, 0.3) is 11.4 Å². The van der Waals surface area contributed by atoms with Gasteiger partial charge in [0.15, 0.2) is 10.6 Å². The van der Waals surface area contributed by atoms with Gasteiger partial charge in [0.1, 0.15) is 0 Å². The Kier molecular flexibility index (Phi) is 5.64. The van der Waals surface area contributed by atoms with Gasteiger partial charge < -0.3 is 4.90 Å². The predicted molar refractivity (Wildman–Crippen MR) is 115 cm³/mol.